The topological polar surface area (TPSA) is 80.2 Å². The molecule has 1 aromatic carbocycles. The van der Waals surface area contributed by atoms with Crippen LogP contribution in [0.5, 0.6) is 0 Å². The molecular weight excluding hydrogens is 439 g/mol. The molecule has 0 saturated carbocycles. The Balaban J connectivity index is 0.00000392. The molecule has 0 unspecified atom stereocenters. The number of nitrogens with zero attached hydrogens (tertiary/aromatic N) is 1. The summed E-state index contributed by atoms with van der Waals surface area (Å²) in [5.74, 6) is -0.636. The molecule has 1 heterocycles. The van der Waals surface area contributed by atoms with Crippen LogP contribution >= 0.6 is 25.1 Å². The van der Waals surface area contributed by atoms with Crippen molar-refractivity contribution in [2.75, 3.05) is 5.32 Å². The Hall–Kier alpha value is -1.69. The van der Waals surface area contributed by atoms with Gasteiger partial charge in [0.15, 0.2) is 0 Å². The number of nitrogens with one attached hydrogen (secondary N) is 2. The minimum absolute atomic E-state index is 0. The van der Waals surface area contributed by atoms with E-state index in [0.29, 0.717) is 17.6 Å². The van der Waals surface area contributed by atoms with E-state index < -0.39 is 33.0 Å². The van der Waals surface area contributed by atoms with Gasteiger partial charge in [0.1, 0.15) is 16.6 Å². The maximum absolute atomic E-state index is 12.6. The number of carbonyl (C=O) groups excluding carboxylic acids is 1. The SMILES string of the molecule is Cc1ccc(NC(=O)c2cc(S(=O)(=O)N[C@@H](C)C(F)(F)F)cn2C)cc1Cl.S. The van der Waals surface area contributed by atoms with Gasteiger partial charge in [0.2, 0.25) is 10.0 Å². The molecule has 28 heavy (non-hydrogen) atoms. The minimum atomic E-state index is -4.73. The predicted molar refractivity (Wildman–Crippen MR) is 106 cm³/mol. The fourth-order valence-corrected chi connectivity index (χ4v) is 3.62. The molecule has 12 heteroatoms. The zero-order valence-electron chi connectivity index (χ0n) is 15.1. The summed E-state index contributed by atoms with van der Waals surface area (Å²) in [6.07, 6.45) is -3.67. The molecule has 2 aromatic rings. The first kappa shape index (κ1) is 24.3. The number of hydrogen-bond donors (Lipinski definition) is 2. The van der Waals surface area contributed by atoms with Gasteiger partial charge in [-0.05, 0) is 37.6 Å². The summed E-state index contributed by atoms with van der Waals surface area (Å²) >= 11 is 5.99. The third-order valence-corrected chi connectivity index (χ3v) is 5.69. The van der Waals surface area contributed by atoms with Crippen LogP contribution in [0.2, 0.25) is 5.02 Å². The Morgan fingerprint density at radius 2 is 1.86 bits per heavy atom. The third-order valence-electron chi connectivity index (χ3n) is 3.78. The molecule has 1 aromatic heterocycles. The molecule has 0 aliphatic heterocycles. The van der Waals surface area contributed by atoms with Gasteiger partial charge in [0.05, 0.1) is 0 Å². The molecule has 0 radical (unpaired) electrons. The quantitative estimate of drug-likeness (QED) is 0.720. The van der Waals surface area contributed by atoms with E-state index in [0.717, 1.165) is 17.8 Å². The molecular formula is C16H19ClF3N3O3S2. The van der Waals surface area contributed by atoms with Gasteiger partial charge >= 0.3 is 6.18 Å². The number of carbonyl (C=O) groups is 1. The molecule has 0 saturated heterocycles. The van der Waals surface area contributed by atoms with Gasteiger partial charge in [0.25, 0.3) is 5.91 Å². The largest absolute Gasteiger partial charge is 0.404 e. The fraction of sp³-hybridized carbons (Fsp3) is 0.312. The van der Waals surface area contributed by atoms with Crippen molar-refractivity contribution in [3.63, 3.8) is 0 Å². The number of anilines is 1. The molecule has 1 amide bonds. The molecule has 156 valence electrons. The molecule has 0 fully saturated rings. The average Bonchev–Trinajstić information content (AvgIpc) is 2.92. The predicted octanol–water partition coefficient (Wildman–Crippen LogP) is 3.58. The number of aromatic nitrogens is 1. The van der Waals surface area contributed by atoms with E-state index in [9.17, 15) is 26.4 Å². The normalized spacial score (nSPS) is 13.0. The molecule has 1 atom stereocenters. The van der Waals surface area contributed by atoms with Crippen LogP contribution in [0, 0.1) is 6.92 Å². The highest BCUT2D eigenvalue weighted by molar-refractivity contribution is 7.89. The van der Waals surface area contributed by atoms with Crippen LogP contribution in [0.15, 0.2) is 35.4 Å². The molecule has 0 aliphatic rings. The maximum atomic E-state index is 12.6. The van der Waals surface area contributed by atoms with Crippen LogP contribution in [0.3, 0.4) is 0 Å². The van der Waals surface area contributed by atoms with E-state index in [1.165, 1.54) is 17.7 Å². The van der Waals surface area contributed by atoms with E-state index in [2.05, 4.69) is 5.32 Å². The van der Waals surface area contributed by atoms with E-state index >= 15 is 0 Å². The standard InChI is InChI=1S/C16H17ClF3N3O3S.H2S/c1-9-4-5-11(6-13(9)17)21-15(24)14-7-12(8-23(14)3)27(25,26)22-10(2)16(18,19)20;/h4-8,10,22H,1-3H3,(H,21,24);1H2/t10-;/m0./s1. The maximum Gasteiger partial charge on any atom is 0.404 e. The Kier molecular flexibility index (Phi) is 7.62. The number of hydrogen-bond acceptors (Lipinski definition) is 3. The van der Waals surface area contributed by atoms with E-state index in [1.807, 2.05) is 0 Å². The van der Waals surface area contributed by atoms with E-state index in [1.54, 1.807) is 23.8 Å². The van der Waals surface area contributed by atoms with Crippen molar-refractivity contribution in [1.29, 1.82) is 0 Å². The lowest BCUT2D eigenvalue weighted by molar-refractivity contribution is -0.147. The van der Waals surface area contributed by atoms with Gasteiger partial charge in [-0.3, -0.25) is 4.79 Å². The van der Waals surface area contributed by atoms with Gasteiger partial charge in [-0.15, -0.1) is 0 Å². The van der Waals surface area contributed by atoms with Crippen LogP contribution in [0.1, 0.15) is 23.0 Å². The second kappa shape index (κ2) is 8.76. The van der Waals surface area contributed by atoms with Crippen LogP contribution in [-0.2, 0) is 17.1 Å². The smallest absolute Gasteiger partial charge is 0.345 e. The van der Waals surface area contributed by atoms with Crippen molar-refractivity contribution in [2.24, 2.45) is 7.05 Å². The van der Waals surface area contributed by atoms with Gasteiger partial charge in [-0.25, -0.2) is 8.42 Å². The number of alkyl halides is 3. The highest BCUT2D eigenvalue weighted by Crippen LogP contribution is 2.23. The van der Waals surface area contributed by atoms with Gasteiger partial charge in [-0.2, -0.15) is 31.4 Å². The fourth-order valence-electron chi connectivity index (χ4n) is 2.14. The lowest BCUT2D eigenvalue weighted by atomic mass is 10.2. The number of benzene rings is 1. The first-order valence-electron chi connectivity index (χ1n) is 7.64. The number of amides is 1. The minimum Gasteiger partial charge on any atom is -0.345 e. The number of halogens is 4. The van der Waals surface area contributed by atoms with E-state index in [4.69, 9.17) is 11.6 Å². The summed E-state index contributed by atoms with van der Waals surface area (Å²) in [4.78, 5) is 11.9. The Morgan fingerprint density at radius 3 is 2.39 bits per heavy atom. The van der Waals surface area contributed by atoms with Gasteiger partial charge in [0, 0.05) is 24.0 Å². The molecule has 0 spiro atoms. The summed E-state index contributed by atoms with van der Waals surface area (Å²) < 4.78 is 64.8. The molecule has 0 bridgehead atoms. The highest BCUT2D eigenvalue weighted by Gasteiger charge is 2.39. The Labute approximate surface area is 172 Å². The van der Waals surface area contributed by atoms with Crippen molar-refractivity contribution in [3.8, 4) is 0 Å². The van der Waals surface area contributed by atoms with Crippen molar-refractivity contribution in [2.45, 2.75) is 31.0 Å². The zero-order chi connectivity index (χ0) is 20.6. The van der Waals surface area contributed by atoms with Crippen LogP contribution < -0.4 is 10.0 Å². The summed E-state index contributed by atoms with van der Waals surface area (Å²) in [6.45, 7) is 2.48. The molecule has 0 aliphatic carbocycles. The molecule has 2 rings (SSSR count). The van der Waals surface area contributed by atoms with Crippen molar-refractivity contribution in [3.05, 3.63) is 46.7 Å². The van der Waals surface area contributed by atoms with Crippen molar-refractivity contribution < 1.29 is 26.4 Å². The van der Waals surface area contributed by atoms with Crippen LogP contribution in [-0.4, -0.2) is 31.1 Å². The van der Waals surface area contributed by atoms with Gasteiger partial charge < -0.3 is 9.88 Å². The lowest BCUT2D eigenvalue weighted by Crippen LogP contribution is -2.42. The summed E-state index contributed by atoms with van der Waals surface area (Å²) in [7, 11) is -3.05. The number of aryl methyl sites for hydroxylation is 2. The highest BCUT2D eigenvalue weighted by atomic mass is 35.5. The lowest BCUT2D eigenvalue weighted by Gasteiger charge is -2.16. The molecule has 6 nitrogen and oxygen atoms in total. The monoisotopic (exact) mass is 457 g/mol. The summed E-state index contributed by atoms with van der Waals surface area (Å²) in [6, 6.07) is 3.57. The third kappa shape index (κ3) is 5.66. The Morgan fingerprint density at radius 1 is 1.25 bits per heavy atom. The average molecular weight is 458 g/mol. The van der Waals surface area contributed by atoms with E-state index in [-0.39, 0.29) is 19.2 Å². The number of sulfonamides is 1. The van der Waals surface area contributed by atoms with Gasteiger partial charge in [-0.1, -0.05) is 17.7 Å². The van der Waals surface area contributed by atoms with Crippen molar-refractivity contribution >= 4 is 46.7 Å². The first-order chi connectivity index (χ1) is 12.3. The first-order valence-corrected chi connectivity index (χ1v) is 9.50. The second-order valence-electron chi connectivity index (χ2n) is 5.97. The Bertz CT molecular complexity index is 975. The van der Waals surface area contributed by atoms with Crippen LogP contribution in [0.25, 0.3) is 0 Å². The van der Waals surface area contributed by atoms with Crippen LogP contribution in [0.4, 0.5) is 18.9 Å². The number of rotatable bonds is 5. The summed E-state index contributed by atoms with van der Waals surface area (Å²) in [5.41, 5.74) is 1.16. The second-order valence-corrected chi connectivity index (χ2v) is 8.10. The zero-order valence-corrected chi connectivity index (χ0v) is 17.6. The summed E-state index contributed by atoms with van der Waals surface area (Å²) in [5, 5.41) is 3.00. The van der Waals surface area contributed by atoms with Crippen molar-refractivity contribution in [1.82, 2.24) is 9.29 Å². The molecule has 2 N–H and O–H groups in total.